The Morgan fingerprint density at radius 3 is 2.33 bits per heavy atom. The molecule has 7 nitrogen and oxygen atoms in total. The molecule has 6 atom stereocenters. The summed E-state index contributed by atoms with van der Waals surface area (Å²) in [5.74, 6) is -0.00621. The van der Waals surface area contributed by atoms with Crippen LogP contribution in [0, 0.1) is 0 Å². The lowest BCUT2D eigenvalue weighted by Gasteiger charge is -2.44. The molecule has 0 amide bonds. The van der Waals surface area contributed by atoms with Gasteiger partial charge in [0, 0.05) is 53.3 Å². The molecule has 7 heteroatoms. The number of hydrogen-bond donors (Lipinski definition) is 0. The summed E-state index contributed by atoms with van der Waals surface area (Å²) in [6.45, 7) is 1.95. The van der Waals surface area contributed by atoms with Crippen LogP contribution in [0.15, 0.2) is 30.5 Å². The minimum absolute atomic E-state index is 0.00621. The molecular weight excluding hydrogens is 386 g/mol. The summed E-state index contributed by atoms with van der Waals surface area (Å²) in [6.07, 6.45) is 3.14. The van der Waals surface area contributed by atoms with E-state index in [2.05, 4.69) is 0 Å². The number of allylic oxidation sites excluding steroid dienone is 1. The molecule has 0 aromatic heterocycles. The summed E-state index contributed by atoms with van der Waals surface area (Å²) in [5.41, 5.74) is 3.02. The molecule has 0 saturated carbocycles. The van der Waals surface area contributed by atoms with Crippen molar-refractivity contribution in [1.82, 2.24) is 4.90 Å². The van der Waals surface area contributed by atoms with Gasteiger partial charge in [-0.3, -0.25) is 4.79 Å². The molecule has 3 rings (SSSR count). The first-order valence-electron chi connectivity index (χ1n) is 10.3. The maximum atomic E-state index is 12.4. The Kier molecular flexibility index (Phi) is 7.65. The molecule has 1 heterocycles. The number of ketones is 1. The molecule has 1 saturated heterocycles. The molecule has 0 spiro atoms. The van der Waals surface area contributed by atoms with Gasteiger partial charge in [-0.15, -0.1) is 0 Å². The summed E-state index contributed by atoms with van der Waals surface area (Å²) in [7, 11) is 8.69. The second-order valence-corrected chi connectivity index (χ2v) is 8.10. The number of methoxy groups -OCH3 is 3. The average Bonchev–Trinajstić information content (AvgIpc) is 3.12. The van der Waals surface area contributed by atoms with Crippen LogP contribution in [0.25, 0.3) is 0 Å². The van der Waals surface area contributed by atoms with E-state index in [0.717, 1.165) is 18.4 Å². The molecule has 1 aromatic rings. The Hall–Kier alpha value is -1.77. The second kappa shape index (κ2) is 10.0. The topological polar surface area (TPSA) is 66.5 Å². The fourth-order valence-electron chi connectivity index (χ4n) is 4.25. The molecule has 1 fully saturated rings. The number of carbonyl (C=O) groups is 1. The molecule has 2 aliphatic rings. The molecule has 1 unspecified atom stereocenters. The SMILES string of the molecule is CO[C@@H]1[C@@H](OC)[C@H](C)O[C@@H](OC2Cc3ccc(C(=O)/C=C/N(C)C)cc3C2)[C@@H]1OC. The molecule has 0 N–H and O–H groups in total. The molecule has 1 aliphatic heterocycles. The van der Waals surface area contributed by atoms with Crippen molar-refractivity contribution in [1.29, 1.82) is 0 Å². The molecule has 0 bridgehead atoms. The van der Waals surface area contributed by atoms with Gasteiger partial charge < -0.3 is 28.6 Å². The maximum absolute atomic E-state index is 12.4. The lowest BCUT2D eigenvalue weighted by molar-refractivity contribution is -0.314. The van der Waals surface area contributed by atoms with Gasteiger partial charge in [0.05, 0.1) is 12.2 Å². The highest BCUT2D eigenvalue weighted by Crippen LogP contribution is 2.32. The lowest BCUT2D eigenvalue weighted by Crippen LogP contribution is -2.59. The number of nitrogens with zero attached hydrogens (tertiary/aromatic N) is 1. The minimum Gasteiger partial charge on any atom is -0.383 e. The third-order valence-corrected chi connectivity index (χ3v) is 5.78. The number of carbonyl (C=O) groups excluding carboxylic acids is 1. The quantitative estimate of drug-likeness (QED) is 0.473. The first-order valence-corrected chi connectivity index (χ1v) is 10.3. The molecule has 1 aliphatic carbocycles. The smallest absolute Gasteiger partial charge is 0.187 e. The predicted octanol–water partition coefficient (Wildman–Crippen LogP) is 2.22. The van der Waals surface area contributed by atoms with Gasteiger partial charge in [-0.2, -0.15) is 0 Å². The maximum Gasteiger partial charge on any atom is 0.187 e. The summed E-state index contributed by atoms with van der Waals surface area (Å²) < 4.78 is 29.3. The zero-order valence-corrected chi connectivity index (χ0v) is 18.7. The zero-order chi connectivity index (χ0) is 21.8. The Bertz CT molecular complexity index is 764. The number of hydrogen-bond acceptors (Lipinski definition) is 7. The summed E-state index contributed by atoms with van der Waals surface area (Å²) >= 11 is 0. The first-order chi connectivity index (χ1) is 14.4. The van der Waals surface area contributed by atoms with Crippen LogP contribution in [0.2, 0.25) is 0 Å². The highest BCUT2D eigenvalue weighted by atomic mass is 16.7. The Morgan fingerprint density at radius 1 is 1.03 bits per heavy atom. The van der Waals surface area contributed by atoms with Gasteiger partial charge in [0.25, 0.3) is 0 Å². The molecule has 166 valence electrons. The van der Waals surface area contributed by atoms with E-state index in [4.69, 9.17) is 23.7 Å². The van der Waals surface area contributed by atoms with Crippen molar-refractivity contribution in [3.63, 3.8) is 0 Å². The van der Waals surface area contributed by atoms with Crippen molar-refractivity contribution in [3.05, 3.63) is 47.2 Å². The van der Waals surface area contributed by atoms with Crippen molar-refractivity contribution in [2.45, 2.75) is 56.6 Å². The molecule has 1 aromatic carbocycles. The van der Waals surface area contributed by atoms with E-state index in [0.29, 0.717) is 5.56 Å². The lowest BCUT2D eigenvalue weighted by atomic mass is 9.99. The van der Waals surface area contributed by atoms with Crippen molar-refractivity contribution < 1.29 is 28.5 Å². The van der Waals surface area contributed by atoms with E-state index in [-0.39, 0.29) is 30.2 Å². The van der Waals surface area contributed by atoms with Crippen LogP contribution in [0.1, 0.15) is 28.4 Å². The second-order valence-electron chi connectivity index (χ2n) is 8.10. The van der Waals surface area contributed by atoms with E-state index >= 15 is 0 Å². The molecular formula is C23H33NO6. The van der Waals surface area contributed by atoms with Crippen molar-refractivity contribution in [3.8, 4) is 0 Å². The van der Waals surface area contributed by atoms with Crippen LogP contribution in [-0.4, -0.2) is 82.9 Å². The van der Waals surface area contributed by atoms with Crippen LogP contribution in [0.5, 0.6) is 0 Å². The van der Waals surface area contributed by atoms with Gasteiger partial charge in [0.1, 0.15) is 18.3 Å². The zero-order valence-electron chi connectivity index (χ0n) is 18.7. The summed E-state index contributed by atoms with van der Waals surface area (Å²) in [6, 6.07) is 5.87. The monoisotopic (exact) mass is 419 g/mol. The van der Waals surface area contributed by atoms with Crippen LogP contribution in [0.4, 0.5) is 0 Å². The third kappa shape index (κ3) is 4.92. The van der Waals surface area contributed by atoms with E-state index in [1.165, 1.54) is 5.56 Å². The van der Waals surface area contributed by atoms with Crippen LogP contribution >= 0.6 is 0 Å². The Labute approximate surface area is 178 Å². The summed E-state index contributed by atoms with van der Waals surface area (Å²) in [4.78, 5) is 14.2. The largest absolute Gasteiger partial charge is 0.383 e. The van der Waals surface area contributed by atoms with Crippen molar-refractivity contribution >= 4 is 5.78 Å². The summed E-state index contributed by atoms with van der Waals surface area (Å²) in [5, 5.41) is 0. The first kappa shape index (κ1) is 22.9. The van der Waals surface area contributed by atoms with Gasteiger partial charge in [-0.25, -0.2) is 0 Å². The predicted molar refractivity (Wildman–Crippen MR) is 113 cm³/mol. The Balaban J connectivity index is 1.68. The van der Waals surface area contributed by atoms with E-state index < -0.39 is 12.4 Å². The van der Waals surface area contributed by atoms with E-state index in [1.807, 2.05) is 44.1 Å². The van der Waals surface area contributed by atoms with Gasteiger partial charge in [0.15, 0.2) is 12.1 Å². The van der Waals surface area contributed by atoms with Crippen molar-refractivity contribution in [2.75, 3.05) is 35.4 Å². The molecule has 30 heavy (non-hydrogen) atoms. The van der Waals surface area contributed by atoms with Crippen LogP contribution < -0.4 is 0 Å². The Morgan fingerprint density at radius 2 is 1.70 bits per heavy atom. The van der Waals surface area contributed by atoms with Gasteiger partial charge in [-0.1, -0.05) is 12.1 Å². The number of ether oxygens (including phenoxy) is 5. The van der Waals surface area contributed by atoms with Crippen LogP contribution in [-0.2, 0) is 36.5 Å². The fraction of sp³-hybridized carbons (Fsp3) is 0.609. The number of benzene rings is 1. The van der Waals surface area contributed by atoms with Crippen LogP contribution in [0.3, 0.4) is 0 Å². The van der Waals surface area contributed by atoms with Crippen molar-refractivity contribution in [2.24, 2.45) is 0 Å². The van der Waals surface area contributed by atoms with E-state index in [9.17, 15) is 4.79 Å². The standard InChI is InChI=1S/C23H33NO6/c1-14-20(26-4)21(27-5)22(28-6)23(29-14)30-18-12-15-7-8-16(11-17(15)13-18)19(25)9-10-24(2)3/h7-11,14,18,20-23H,12-13H2,1-6H3/b10-9+/t14-,18?,20-,21+,22+,23-/m0/s1. The fourth-order valence-corrected chi connectivity index (χ4v) is 4.25. The van der Waals surface area contributed by atoms with Gasteiger partial charge in [0.2, 0.25) is 0 Å². The van der Waals surface area contributed by atoms with Gasteiger partial charge >= 0.3 is 0 Å². The number of rotatable bonds is 8. The van der Waals surface area contributed by atoms with E-state index in [1.54, 1.807) is 33.6 Å². The highest BCUT2D eigenvalue weighted by molar-refractivity contribution is 6.04. The average molecular weight is 420 g/mol. The third-order valence-electron chi connectivity index (χ3n) is 5.78. The normalized spacial score (nSPS) is 31.1. The van der Waals surface area contributed by atoms with Gasteiger partial charge in [-0.05, 0) is 37.0 Å². The number of fused-ring (bicyclic) bond motifs is 1. The molecule has 0 radical (unpaired) electrons. The highest BCUT2D eigenvalue weighted by Gasteiger charge is 2.47. The minimum atomic E-state index is -0.551.